The molecule has 0 aromatic rings. The number of nitrogens with zero attached hydrogens (tertiary/aromatic N) is 2. The smallest absolute Gasteiger partial charge is 0.237 e. The van der Waals surface area contributed by atoms with Crippen LogP contribution in [-0.2, 0) is 4.79 Å². The summed E-state index contributed by atoms with van der Waals surface area (Å²) in [4.78, 5) is 13.8. The SMILES string of the molecule is CCN(CC(C)C#N)C(C)C(=O)NC(C)C. The summed E-state index contributed by atoms with van der Waals surface area (Å²) in [5, 5.41) is 11.7. The molecule has 2 unspecified atom stereocenters. The first kappa shape index (κ1) is 14.9. The third kappa shape index (κ3) is 5.13. The molecule has 0 aliphatic carbocycles. The number of amides is 1. The van der Waals surface area contributed by atoms with Crippen molar-refractivity contribution in [2.75, 3.05) is 13.1 Å². The Morgan fingerprint density at radius 3 is 2.31 bits per heavy atom. The monoisotopic (exact) mass is 225 g/mol. The van der Waals surface area contributed by atoms with E-state index in [1.54, 1.807) is 0 Å². The molecule has 1 amide bonds. The van der Waals surface area contributed by atoms with Crippen molar-refractivity contribution in [2.45, 2.75) is 46.7 Å². The van der Waals surface area contributed by atoms with Gasteiger partial charge in [-0.1, -0.05) is 6.92 Å². The van der Waals surface area contributed by atoms with E-state index < -0.39 is 0 Å². The molecule has 0 aliphatic heterocycles. The topological polar surface area (TPSA) is 56.1 Å². The zero-order chi connectivity index (χ0) is 12.7. The molecular weight excluding hydrogens is 202 g/mol. The fraction of sp³-hybridized carbons (Fsp3) is 0.833. The summed E-state index contributed by atoms with van der Waals surface area (Å²) in [6.07, 6.45) is 0. The quantitative estimate of drug-likeness (QED) is 0.743. The van der Waals surface area contributed by atoms with Crippen LogP contribution in [-0.4, -0.2) is 36.0 Å². The number of carbonyl (C=O) groups excluding carboxylic acids is 1. The van der Waals surface area contributed by atoms with Crippen molar-refractivity contribution in [1.29, 1.82) is 5.26 Å². The molecule has 0 aromatic carbocycles. The highest BCUT2D eigenvalue weighted by Crippen LogP contribution is 2.04. The Hall–Kier alpha value is -1.08. The molecule has 0 aromatic heterocycles. The summed E-state index contributed by atoms with van der Waals surface area (Å²) in [6, 6.07) is 2.17. The number of carbonyl (C=O) groups is 1. The molecule has 0 radical (unpaired) electrons. The maximum atomic E-state index is 11.8. The number of rotatable bonds is 6. The number of hydrogen-bond acceptors (Lipinski definition) is 3. The summed E-state index contributed by atoms with van der Waals surface area (Å²) >= 11 is 0. The molecule has 0 aliphatic rings. The van der Waals surface area contributed by atoms with E-state index in [-0.39, 0.29) is 23.9 Å². The van der Waals surface area contributed by atoms with Crippen LogP contribution >= 0.6 is 0 Å². The zero-order valence-electron chi connectivity index (χ0n) is 10.9. The molecule has 92 valence electrons. The van der Waals surface area contributed by atoms with Gasteiger partial charge in [-0.25, -0.2) is 0 Å². The van der Waals surface area contributed by atoms with E-state index >= 15 is 0 Å². The Balaban J connectivity index is 4.36. The van der Waals surface area contributed by atoms with Gasteiger partial charge >= 0.3 is 0 Å². The lowest BCUT2D eigenvalue weighted by Gasteiger charge is -2.28. The molecule has 0 spiro atoms. The van der Waals surface area contributed by atoms with E-state index in [2.05, 4.69) is 11.4 Å². The van der Waals surface area contributed by atoms with Gasteiger partial charge in [0.15, 0.2) is 0 Å². The Labute approximate surface area is 98.6 Å². The second kappa shape index (κ2) is 7.24. The minimum Gasteiger partial charge on any atom is -0.353 e. The Morgan fingerprint density at radius 2 is 1.94 bits per heavy atom. The molecule has 0 saturated heterocycles. The second-order valence-corrected chi connectivity index (χ2v) is 4.46. The van der Waals surface area contributed by atoms with Gasteiger partial charge in [0.2, 0.25) is 5.91 Å². The molecule has 2 atom stereocenters. The van der Waals surface area contributed by atoms with Gasteiger partial charge < -0.3 is 5.32 Å². The average molecular weight is 225 g/mol. The minimum atomic E-state index is -0.178. The fourth-order valence-electron chi connectivity index (χ4n) is 1.52. The summed E-state index contributed by atoms with van der Waals surface area (Å²) in [5.74, 6) is -0.0174. The maximum Gasteiger partial charge on any atom is 0.237 e. The summed E-state index contributed by atoms with van der Waals surface area (Å²) in [6.45, 7) is 11.1. The Kier molecular flexibility index (Phi) is 6.75. The molecule has 0 rings (SSSR count). The highest BCUT2D eigenvalue weighted by atomic mass is 16.2. The Bertz CT molecular complexity index is 257. The number of nitrogens with one attached hydrogen (secondary N) is 1. The van der Waals surface area contributed by atoms with Crippen LogP contribution in [0.1, 0.15) is 34.6 Å². The molecule has 1 N–H and O–H groups in total. The van der Waals surface area contributed by atoms with Gasteiger partial charge in [0.1, 0.15) is 0 Å². The average Bonchev–Trinajstić information content (AvgIpc) is 2.23. The molecule has 4 nitrogen and oxygen atoms in total. The fourth-order valence-corrected chi connectivity index (χ4v) is 1.52. The van der Waals surface area contributed by atoms with E-state index in [1.807, 2.05) is 39.5 Å². The van der Waals surface area contributed by atoms with Crippen LogP contribution in [0.15, 0.2) is 0 Å². The molecule has 0 saturated carbocycles. The highest BCUT2D eigenvalue weighted by molar-refractivity contribution is 5.81. The van der Waals surface area contributed by atoms with Gasteiger partial charge in [0.25, 0.3) is 0 Å². The van der Waals surface area contributed by atoms with E-state index in [9.17, 15) is 4.79 Å². The molecule has 16 heavy (non-hydrogen) atoms. The molecule has 0 bridgehead atoms. The second-order valence-electron chi connectivity index (χ2n) is 4.46. The van der Waals surface area contributed by atoms with Crippen molar-refractivity contribution in [2.24, 2.45) is 5.92 Å². The van der Waals surface area contributed by atoms with Crippen molar-refractivity contribution in [3.05, 3.63) is 0 Å². The van der Waals surface area contributed by atoms with E-state index in [1.165, 1.54) is 0 Å². The van der Waals surface area contributed by atoms with Gasteiger partial charge in [0.05, 0.1) is 18.0 Å². The zero-order valence-corrected chi connectivity index (χ0v) is 10.9. The van der Waals surface area contributed by atoms with Crippen molar-refractivity contribution in [3.8, 4) is 6.07 Å². The maximum absolute atomic E-state index is 11.8. The number of hydrogen-bond donors (Lipinski definition) is 1. The summed E-state index contributed by atoms with van der Waals surface area (Å²) < 4.78 is 0. The van der Waals surface area contributed by atoms with Crippen LogP contribution in [0.3, 0.4) is 0 Å². The van der Waals surface area contributed by atoms with Gasteiger partial charge in [-0.3, -0.25) is 9.69 Å². The predicted molar refractivity (Wildman–Crippen MR) is 64.8 cm³/mol. The first-order chi connectivity index (χ1) is 7.42. The van der Waals surface area contributed by atoms with Crippen LogP contribution < -0.4 is 5.32 Å². The first-order valence-electron chi connectivity index (χ1n) is 5.86. The van der Waals surface area contributed by atoms with Crippen LogP contribution in [0.25, 0.3) is 0 Å². The van der Waals surface area contributed by atoms with Crippen molar-refractivity contribution >= 4 is 5.91 Å². The minimum absolute atomic E-state index is 0.0296. The third-order valence-electron chi connectivity index (χ3n) is 2.49. The number of nitriles is 1. The van der Waals surface area contributed by atoms with Gasteiger partial charge in [-0.15, -0.1) is 0 Å². The van der Waals surface area contributed by atoms with Crippen LogP contribution in [0.4, 0.5) is 0 Å². The summed E-state index contributed by atoms with van der Waals surface area (Å²) in [7, 11) is 0. The molecule has 4 heteroatoms. The first-order valence-corrected chi connectivity index (χ1v) is 5.86. The lowest BCUT2D eigenvalue weighted by molar-refractivity contribution is -0.126. The molecular formula is C12H23N3O. The lowest BCUT2D eigenvalue weighted by Crippen LogP contribution is -2.48. The third-order valence-corrected chi connectivity index (χ3v) is 2.49. The van der Waals surface area contributed by atoms with Gasteiger partial charge in [0, 0.05) is 12.6 Å². The highest BCUT2D eigenvalue weighted by Gasteiger charge is 2.21. The standard InChI is InChI=1S/C12H23N3O/c1-6-15(8-10(4)7-13)11(5)12(16)14-9(2)3/h9-11H,6,8H2,1-5H3,(H,14,16). The van der Waals surface area contributed by atoms with Crippen LogP contribution in [0.2, 0.25) is 0 Å². The lowest BCUT2D eigenvalue weighted by atomic mass is 10.1. The molecule has 0 heterocycles. The Morgan fingerprint density at radius 1 is 1.38 bits per heavy atom. The van der Waals surface area contributed by atoms with Gasteiger partial charge in [-0.05, 0) is 34.2 Å². The van der Waals surface area contributed by atoms with Crippen LogP contribution in [0.5, 0.6) is 0 Å². The van der Waals surface area contributed by atoms with Crippen LogP contribution in [0, 0.1) is 17.2 Å². The number of likely N-dealkylation sites (N-methyl/N-ethyl adjacent to an activating group) is 1. The molecule has 0 fully saturated rings. The summed E-state index contributed by atoms with van der Waals surface area (Å²) in [5.41, 5.74) is 0. The van der Waals surface area contributed by atoms with E-state index in [4.69, 9.17) is 5.26 Å². The normalized spacial score (nSPS) is 14.6. The van der Waals surface area contributed by atoms with Crippen molar-refractivity contribution < 1.29 is 4.79 Å². The van der Waals surface area contributed by atoms with Crippen molar-refractivity contribution in [3.63, 3.8) is 0 Å². The van der Waals surface area contributed by atoms with E-state index in [0.29, 0.717) is 6.54 Å². The van der Waals surface area contributed by atoms with Crippen molar-refractivity contribution in [1.82, 2.24) is 10.2 Å². The predicted octanol–water partition coefficient (Wildman–Crippen LogP) is 1.38. The van der Waals surface area contributed by atoms with Gasteiger partial charge in [-0.2, -0.15) is 5.26 Å². The largest absolute Gasteiger partial charge is 0.353 e. The van der Waals surface area contributed by atoms with E-state index in [0.717, 1.165) is 6.54 Å².